The van der Waals surface area contributed by atoms with Gasteiger partial charge in [-0.2, -0.15) is 0 Å². The molecule has 0 N–H and O–H groups in total. The molecule has 0 saturated heterocycles. The van der Waals surface area contributed by atoms with Crippen LogP contribution in [0.15, 0.2) is 256 Å². The van der Waals surface area contributed by atoms with Crippen molar-refractivity contribution >= 4 is 27.5 Å². The summed E-state index contributed by atoms with van der Waals surface area (Å²) < 4.78 is 6.32. The molecule has 76 heavy (non-hydrogen) atoms. The summed E-state index contributed by atoms with van der Waals surface area (Å²) in [6.45, 7) is 0. The first-order chi connectivity index (χ1) is 37.2. The van der Waals surface area contributed by atoms with E-state index in [4.69, 9.17) is 19.9 Å². The Labute approximate surface area is 453 Å². The average molecular weight is 1150 g/mol. The van der Waals surface area contributed by atoms with Crippen molar-refractivity contribution in [2.75, 3.05) is 0 Å². The normalized spacial score (nSPS) is 11.3. The maximum Gasteiger partial charge on any atom is 3.00 e. The van der Waals surface area contributed by atoms with Crippen LogP contribution in [0.25, 0.3) is 128 Å². The summed E-state index contributed by atoms with van der Waals surface area (Å²) in [6.07, 6.45) is 13.4. The number of rotatable bonds is 10. The molecule has 0 aliphatic heterocycles. The van der Waals surface area contributed by atoms with E-state index in [1.54, 1.807) is 0 Å². The number of nitrogens with zero attached hydrogens (tertiary/aromatic N) is 7. The first-order valence-electron chi connectivity index (χ1n) is 24.9. The number of aromatic nitrogens is 7. The third kappa shape index (κ3) is 8.23. The van der Waals surface area contributed by atoms with Crippen molar-refractivity contribution in [2.45, 2.75) is 0 Å². The number of imidazole rings is 3. The summed E-state index contributed by atoms with van der Waals surface area (Å²) in [4.78, 5) is 19.2. The fraction of sp³-hybridized carbons (Fsp3) is 0. The third-order valence-corrected chi connectivity index (χ3v) is 14.1. The molecule has 0 saturated carbocycles. The molecule has 0 radical (unpaired) electrons. The van der Waals surface area contributed by atoms with E-state index >= 15 is 0 Å². The zero-order chi connectivity index (χ0) is 49.7. The Morgan fingerprint density at radius 3 is 1.28 bits per heavy atom. The molecule has 5 heterocycles. The predicted octanol–water partition coefficient (Wildman–Crippen LogP) is 16.1. The zero-order valence-electron chi connectivity index (χ0n) is 40.7. The second-order valence-corrected chi connectivity index (χ2v) is 18.5. The van der Waals surface area contributed by atoms with E-state index in [-0.39, 0.29) is 20.1 Å². The Balaban J connectivity index is 0.00000553. The molecule has 7 nitrogen and oxygen atoms in total. The minimum Gasteiger partial charge on any atom is -0.340 e. The predicted molar refractivity (Wildman–Crippen MR) is 302 cm³/mol. The second kappa shape index (κ2) is 19.7. The molecule has 14 aromatic rings. The summed E-state index contributed by atoms with van der Waals surface area (Å²) in [5, 5.41) is 1.94. The minimum absolute atomic E-state index is 0. The number of fused-ring (bicyclic) bond motifs is 6. The number of hydrogen-bond donors (Lipinski definition) is 0. The summed E-state index contributed by atoms with van der Waals surface area (Å²) in [5.41, 5.74) is 19.7. The maximum atomic E-state index is 4.84. The molecule has 0 aliphatic carbocycles. The van der Waals surface area contributed by atoms with Crippen LogP contribution in [0.5, 0.6) is 0 Å². The fourth-order valence-corrected chi connectivity index (χ4v) is 10.6. The standard InChI is InChI=1S/C68H42N7.Ir/c1-3-14-54(15-4-1)73-39-36-70-66(73)48-29-25-46(26-30-48)56-18-7-10-21-59(56)51-42-52(60-22-11-8-19-57(60)47-27-31-49(32-28-47)67-71-37-40-74(67)55-16-5-2-6-17-55)44-53(43-51)61-23-12-9-20-58(61)50-33-34-62-63(45-50)68-72-38-41-75(68)64-24-13-35-69-65(62)64;/h1-29,31,33,35-45H;/q-3;+3. The van der Waals surface area contributed by atoms with Crippen molar-refractivity contribution in [2.24, 2.45) is 0 Å². The number of hydrogen-bond acceptors (Lipinski definition) is 4. The first-order valence-corrected chi connectivity index (χ1v) is 24.9. The molecule has 0 atom stereocenters. The third-order valence-electron chi connectivity index (χ3n) is 14.1. The summed E-state index contributed by atoms with van der Waals surface area (Å²) in [7, 11) is 0. The van der Waals surface area contributed by atoms with Crippen molar-refractivity contribution < 1.29 is 20.1 Å². The molecule has 14 rings (SSSR count). The van der Waals surface area contributed by atoms with Gasteiger partial charge in [0.15, 0.2) is 0 Å². The second-order valence-electron chi connectivity index (χ2n) is 18.5. The Bertz CT molecular complexity index is 4220. The van der Waals surface area contributed by atoms with Crippen LogP contribution in [0.3, 0.4) is 0 Å². The van der Waals surface area contributed by atoms with Crippen molar-refractivity contribution in [3.05, 3.63) is 274 Å². The monoisotopic (exact) mass is 1150 g/mol. The molecular weight excluding hydrogens is 1110 g/mol. The van der Waals surface area contributed by atoms with E-state index in [2.05, 4.69) is 202 Å². The summed E-state index contributed by atoms with van der Waals surface area (Å²) >= 11 is 0. The van der Waals surface area contributed by atoms with E-state index < -0.39 is 0 Å². The van der Waals surface area contributed by atoms with Gasteiger partial charge in [-0.05, 0) is 88.0 Å². The zero-order valence-corrected chi connectivity index (χ0v) is 43.1. The Kier molecular flexibility index (Phi) is 12.0. The first kappa shape index (κ1) is 46.2. The van der Waals surface area contributed by atoms with Gasteiger partial charge in [0, 0.05) is 65.8 Å². The maximum absolute atomic E-state index is 4.84. The van der Waals surface area contributed by atoms with Crippen molar-refractivity contribution in [1.29, 1.82) is 0 Å². The molecule has 9 aromatic carbocycles. The van der Waals surface area contributed by atoms with Gasteiger partial charge in [0.25, 0.3) is 0 Å². The van der Waals surface area contributed by atoms with E-state index in [9.17, 15) is 0 Å². The van der Waals surface area contributed by atoms with Crippen LogP contribution in [0.4, 0.5) is 0 Å². The fourth-order valence-electron chi connectivity index (χ4n) is 10.6. The largest absolute Gasteiger partial charge is 3.00 e. The van der Waals surface area contributed by atoms with Crippen LogP contribution in [-0.2, 0) is 20.1 Å². The molecule has 0 aliphatic rings. The van der Waals surface area contributed by atoms with Gasteiger partial charge < -0.3 is 18.5 Å². The van der Waals surface area contributed by atoms with Crippen molar-refractivity contribution in [3.63, 3.8) is 0 Å². The van der Waals surface area contributed by atoms with Gasteiger partial charge in [0.05, 0.1) is 11.6 Å². The van der Waals surface area contributed by atoms with Crippen LogP contribution in [0.1, 0.15) is 0 Å². The van der Waals surface area contributed by atoms with E-state index in [0.717, 1.165) is 128 Å². The van der Waals surface area contributed by atoms with Crippen molar-refractivity contribution in [3.8, 4) is 101 Å². The van der Waals surface area contributed by atoms with Gasteiger partial charge in [-0.15, -0.1) is 83.2 Å². The number of para-hydroxylation sites is 2. The molecule has 0 unspecified atom stereocenters. The quantitative estimate of drug-likeness (QED) is 0.101. The van der Waals surface area contributed by atoms with Gasteiger partial charge in [-0.25, -0.2) is 4.98 Å². The molecular formula is C68H42IrN7. The molecule has 5 aromatic heterocycles. The molecule has 0 spiro atoms. The molecule has 0 bridgehead atoms. The topological polar surface area (TPSA) is 65.8 Å². The van der Waals surface area contributed by atoms with Crippen LogP contribution >= 0.6 is 0 Å². The molecule has 0 fully saturated rings. The van der Waals surface area contributed by atoms with Gasteiger partial charge in [0.2, 0.25) is 0 Å². The number of benzene rings is 9. The van der Waals surface area contributed by atoms with Crippen molar-refractivity contribution in [1.82, 2.24) is 33.5 Å². The molecule has 358 valence electrons. The van der Waals surface area contributed by atoms with E-state index in [1.165, 1.54) is 0 Å². The van der Waals surface area contributed by atoms with Crippen LogP contribution in [0, 0.1) is 18.2 Å². The SMILES string of the molecule is [Ir+3].[c-]1cc(-c2ccccc2-c2cc(-c3ccccc3-c3c[c-]c(-c4nccn4-c4ccccc4)cc3)cc(-c3ccccc3-c3c[c-]c4c(c3)c3nccn3c3cccnc43)c2)ccc1-c1nccn1-c1ccccc1. The van der Waals surface area contributed by atoms with Crippen LogP contribution in [-0.4, -0.2) is 33.5 Å². The van der Waals surface area contributed by atoms with Gasteiger partial charge in [-0.3, -0.25) is 9.97 Å². The van der Waals surface area contributed by atoms with E-state index in [1.807, 2.05) is 85.8 Å². The van der Waals surface area contributed by atoms with Crippen LogP contribution < -0.4 is 0 Å². The minimum atomic E-state index is 0. The number of pyridine rings is 2. The average Bonchev–Trinajstić information content (AvgIpc) is 4.35. The Morgan fingerprint density at radius 2 is 0.789 bits per heavy atom. The molecule has 0 amide bonds. The molecule has 8 heteroatoms. The van der Waals surface area contributed by atoms with Gasteiger partial charge in [-0.1, -0.05) is 148 Å². The van der Waals surface area contributed by atoms with E-state index in [0.29, 0.717) is 0 Å². The smallest absolute Gasteiger partial charge is 0.340 e. The summed E-state index contributed by atoms with van der Waals surface area (Å²) in [5.74, 6) is 1.68. The van der Waals surface area contributed by atoms with Gasteiger partial charge in [0.1, 0.15) is 5.65 Å². The Hall–Kier alpha value is -9.59. The summed E-state index contributed by atoms with van der Waals surface area (Å²) in [6, 6.07) is 85.7. The Morgan fingerprint density at radius 1 is 0.342 bits per heavy atom. The van der Waals surface area contributed by atoms with Gasteiger partial charge >= 0.3 is 20.1 Å². The van der Waals surface area contributed by atoms with Crippen LogP contribution in [0.2, 0.25) is 0 Å².